The van der Waals surface area contributed by atoms with Crippen LogP contribution < -0.4 is 11.1 Å². The van der Waals surface area contributed by atoms with Crippen molar-refractivity contribution < 1.29 is 4.79 Å². The van der Waals surface area contributed by atoms with Crippen molar-refractivity contribution in [3.05, 3.63) is 0 Å². The highest BCUT2D eigenvalue weighted by Gasteiger charge is 1.99. The van der Waals surface area contributed by atoms with Gasteiger partial charge < -0.3 is 16.0 Å². The fourth-order valence-corrected chi connectivity index (χ4v) is 1.00. The molecule has 0 aromatic rings. The summed E-state index contributed by atoms with van der Waals surface area (Å²) in [5.41, 5.74) is 5.41. The molecular formula is C10H25N3O. The second kappa shape index (κ2) is 12.4. The van der Waals surface area contributed by atoms with E-state index in [0.717, 1.165) is 19.6 Å². The maximum Gasteiger partial charge on any atom is 0.216 e. The lowest BCUT2D eigenvalue weighted by Gasteiger charge is -2.18. The number of nitrogens with one attached hydrogen (secondary N) is 1. The predicted molar refractivity (Wildman–Crippen MR) is 61.2 cm³/mol. The lowest BCUT2D eigenvalue weighted by atomic mass is 10.4. The fourth-order valence-electron chi connectivity index (χ4n) is 1.00. The maximum atomic E-state index is 10.5. The average molecular weight is 203 g/mol. The molecule has 0 radical (unpaired) electrons. The van der Waals surface area contributed by atoms with E-state index >= 15 is 0 Å². The van der Waals surface area contributed by atoms with Gasteiger partial charge in [0.1, 0.15) is 0 Å². The third-order valence-corrected chi connectivity index (χ3v) is 1.69. The van der Waals surface area contributed by atoms with E-state index in [4.69, 9.17) is 5.73 Å². The van der Waals surface area contributed by atoms with E-state index in [9.17, 15) is 4.79 Å². The molecule has 0 aliphatic heterocycles. The predicted octanol–water partition coefficient (Wildman–Crippen LogP) is 0.429. The van der Waals surface area contributed by atoms with Crippen molar-refractivity contribution in [2.45, 2.75) is 27.7 Å². The summed E-state index contributed by atoms with van der Waals surface area (Å²) in [5, 5.41) is 2.75. The molecule has 0 aromatic heterocycles. The molecule has 0 spiro atoms. The van der Waals surface area contributed by atoms with Gasteiger partial charge in [0.2, 0.25) is 5.91 Å². The Bertz CT molecular complexity index is 129. The molecule has 1 amide bonds. The topological polar surface area (TPSA) is 58.4 Å². The van der Waals surface area contributed by atoms with Crippen LogP contribution in [0.15, 0.2) is 0 Å². The molecule has 3 N–H and O–H groups in total. The van der Waals surface area contributed by atoms with Crippen molar-refractivity contribution in [1.29, 1.82) is 0 Å². The third kappa shape index (κ3) is 11.4. The van der Waals surface area contributed by atoms with Crippen LogP contribution in [0.3, 0.4) is 0 Å². The zero-order chi connectivity index (χ0) is 11.4. The first-order chi connectivity index (χ1) is 6.70. The summed E-state index contributed by atoms with van der Waals surface area (Å²) in [6.07, 6.45) is 0. The number of amides is 1. The highest BCUT2D eigenvalue weighted by Crippen LogP contribution is 1.83. The first-order valence-electron chi connectivity index (χ1n) is 5.37. The monoisotopic (exact) mass is 203 g/mol. The highest BCUT2D eigenvalue weighted by atomic mass is 16.1. The van der Waals surface area contributed by atoms with Crippen molar-refractivity contribution in [3.8, 4) is 0 Å². The molecule has 86 valence electrons. The molecule has 0 aromatic carbocycles. The first kappa shape index (κ1) is 15.8. The number of carbonyl (C=O) groups excluding carboxylic acids is 1. The SMILES string of the molecule is CC.CCN(CCN)CCNC(C)=O. The maximum absolute atomic E-state index is 10.5. The quantitative estimate of drug-likeness (QED) is 0.658. The number of hydrogen-bond donors (Lipinski definition) is 2. The van der Waals surface area contributed by atoms with Crippen LogP contribution in [-0.4, -0.2) is 43.5 Å². The Hall–Kier alpha value is -0.610. The lowest BCUT2D eigenvalue weighted by Crippen LogP contribution is -2.36. The van der Waals surface area contributed by atoms with Crippen molar-refractivity contribution in [2.24, 2.45) is 5.73 Å². The summed E-state index contributed by atoms with van der Waals surface area (Å²) in [5.74, 6) is 0.0267. The van der Waals surface area contributed by atoms with Gasteiger partial charge in [0.25, 0.3) is 0 Å². The fraction of sp³-hybridized carbons (Fsp3) is 0.900. The summed E-state index contributed by atoms with van der Waals surface area (Å²) in [6, 6.07) is 0. The van der Waals surface area contributed by atoms with E-state index in [1.165, 1.54) is 6.92 Å². The Labute approximate surface area is 87.8 Å². The molecule has 0 aliphatic rings. The number of carbonyl (C=O) groups is 1. The minimum absolute atomic E-state index is 0.0267. The average Bonchev–Trinajstić information content (AvgIpc) is 2.19. The van der Waals surface area contributed by atoms with Crippen LogP contribution in [0.4, 0.5) is 0 Å². The largest absolute Gasteiger partial charge is 0.355 e. The van der Waals surface area contributed by atoms with Gasteiger partial charge in [-0.3, -0.25) is 4.79 Å². The van der Waals surface area contributed by atoms with E-state index in [1.807, 2.05) is 13.8 Å². The molecule has 0 atom stereocenters. The van der Waals surface area contributed by atoms with Gasteiger partial charge in [-0.05, 0) is 6.54 Å². The molecule has 0 unspecified atom stereocenters. The molecule has 14 heavy (non-hydrogen) atoms. The number of nitrogens with two attached hydrogens (primary N) is 1. The van der Waals surface area contributed by atoms with Gasteiger partial charge >= 0.3 is 0 Å². The number of nitrogens with zero attached hydrogens (tertiary/aromatic N) is 1. The minimum Gasteiger partial charge on any atom is -0.355 e. The van der Waals surface area contributed by atoms with Gasteiger partial charge in [0, 0.05) is 33.1 Å². The Morgan fingerprint density at radius 3 is 2.29 bits per heavy atom. The molecule has 0 rings (SSSR count). The summed E-state index contributed by atoms with van der Waals surface area (Å²) in [6.45, 7) is 11.8. The third-order valence-electron chi connectivity index (χ3n) is 1.69. The van der Waals surface area contributed by atoms with E-state index in [1.54, 1.807) is 0 Å². The zero-order valence-corrected chi connectivity index (χ0v) is 9.97. The smallest absolute Gasteiger partial charge is 0.216 e. The van der Waals surface area contributed by atoms with Gasteiger partial charge in [-0.15, -0.1) is 0 Å². The Balaban J connectivity index is 0. The Kier molecular flexibility index (Phi) is 14.0. The van der Waals surface area contributed by atoms with Gasteiger partial charge in [0.15, 0.2) is 0 Å². The lowest BCUT2D eigenvalue weighted by molar-refractivity contribution is -0.119. The molecular weight excluding hydrogens is 178 g/mol. The molecule has 0 saturated heterocycles. The van der Waals surface area contributed by atoms with E-state index in [0.29, 0.717) is 13.1 Å². The van der Waals surface area contributed by atoms with Crippen molar-refractivity contribution in [2.75, 3.05) is 32.7 Å². The van der Waals surface area contributed by atoms with Crippen molar-refractivity contribution in [1.82, 2.24) is 10.2 Å². The Morgan fingerprint density at radius 1 is 1.36 bits per heavy atom. The van der Waals surface area contributed by atoms with E-state index in [2.05, 4.69) is 17.1 Å². The van der Waals surface area contributed by atoms with Crippen LogP contribution in [-0.2, 0) is 4.79 Å². The second-order valence-electron chi connectivity index (χ2n) is 2.71. The van der Waals surface area contributed by atoms with Crippen LogP contribution in [0.1, 0.15) is 27.7 Å². The summed E-state index contributed by atoms with van der Waals surface area (Å²) >= 11 is 0. The highest BCUT2D eigenvalue weighted by molar-refractivity contribution is 5.72. The van der Waals surface area contributed by atoms with Gasteiger partial charge in [-0.2, -0.15) is 0 Å². The van der Waals surface area contributed by atoms with Crippen LogP contribution >= 0.6 is 0 Å². The molecule has 0 fully saturated rings. The Morgan fingerprint density at radius 2 is 1.93 bits per heavy atom. The van der Waals surface area contributed by atoms with E-state index < -0.39 is 0 Å². The van der Waals surface area contributed by atoms with E-state index in [-0.39, 0.29) is 5.91 Å². The van der Waals surface area contributed by atoms with Crippen LogP contribution in [0.2, 0.25) is 0 Å². The van der Waals surface area contributed by atoms with Gasteiger partial charge in [0.05, 0.1) is 0 Å². The molecule has 0 aliphatic carbocycles. The molecule has 0 bridgehead atoms. The first-order valence-corrected chi connectivity index (χ1v) is 5.37. The zero-order valence-electron chi connectivity index (χ0n) is 9.97. The minimum atomic E-state index is 0.0267. The summed E-state index contributed by atoms with van der Waals surface area (Å²) in [7, 11) is 0. The number of rotatable bonds is 6. The molecule has 0 saturated carbocycles. The van der Waals surface area contributed by atoms with Gasteiger partial charge in [-0.1, -0.05) is 20.8 Å². The molecule has 4 heteroatoms. The summed E-state index contributed by atoms with van der Waals surface area (Å²) in [4.78, 5) is 12.7. The standard InChI is InChI=1S/C8H19N3O.C2H6/c1-3-11(6-4-9)7-5-10-8(2)12;1-2/h3-7,9H2,1-2H3,(H,10,12);1-2H3. The van der Waals surface area contributed by atoms with Crippen molar-refractivity contribution >= 4 is 5.91 Å². The number of likely N-dealkylation sites (N-methyl/N-ethyl adjacent to an activating group) is 1. The van der Waals surface area contributed by atoms with Gasteiger partial charge in [-0.25, -0.2) is 0 Å². The van der Waals surface area contributed by atoms with Crippen LogP contribution in [0.25, 0.3) is 0 Å². The second-order valence-corrected chi connectivity index (χ2v) is 2.71. The van der Waals surface area contributed by atoms with Crippen molar-refractivity contribution in [3.63, 3.8) is 0 Å². The molecule has 4 nitrogen and oxygen atoms in total. The summed E-state index contributed by atoms with van der Waals surface area (Å²) < 4.78 is 0. The normalized spacial score (nSPS) is 9.29. The van der Waals surface area contributed by atoms with Crippen LogP contribution in [0.5, 0.6) is 0 Å². The van der Waals surface area contributed by atoms with Crippen LogP contribution in [0, 0.1) is 0 Å². The molecule has 0 heterocycles. The number of hydrogen-bond acceptors (Lipinski definition) is 3.